The number of rotatable bonds is 1. The number of fused-ring (bicyclic) bond motifs is 1. The minimum absolute atomic E-state index is 0. The molecule has 3 rings (SSSR count). The van der Waals surface area contributed by atoms with Crippen LogP contribution in [0.5, 0.6) is 0 Å². The van der Waals surface area contributed by atoms with E-state index in [2.05, 4.69) is 29.3 Å². The van der Waals surface area contributed by atoms with E-state index in [9.17, 15) is 0 Å². The van der Waals surface area contributed by atoms with Crippen LogP contribution in [0, 0.1) is 0 Å². The Kier molecular flexibility index (Phi) is 3.68. The molecule has 0 bridgehead atoms. The molecule has 1 aliphatic heterocycles. The van der Waals surface area contributed by atoms with Crippen LogP contribution in [0.25, 0.3) is 0 Å². The molecular formula is C15H15ClN2. The average molecular weight is 259 g/mol. The molecule has 0 aliphatic carbocycles. The highest BCUT2D eigenvalue weighted by Gasteiger charge is 2.19. The van der Waals surface area contributed by atoms with Gasteiger partial charge in [0.25, 0.3) is 0 Å². The first-order valence-corrected chi connectivity index (χ1v) is 5.81. The van der Waals surface area contributed by atoms with Gasteiger partial charge in [0.15, 0.2) is 0 Å². The van der Waals surface area contributed by atoms with E-state index in [1.807, 2.05) is 30.3 Å². The summed E-state index contributed by atoms with van der Waals surface area (Å²) in [6, 6.07) is 18.7. The highest BCUT2D eigenvalue weighted by Crippen LogP contribution is 2.28. The molecule has 3 heteroatoms. The van der Waals surface area contributed by atoms with Gasteiger partial charge in [0.2, 0.25) is 0 Å². The normalized spacial score (nSPS) is 17.3. The van der Waals surface area contributed by atoms with E-state index in [-0.39, 0.29) is 18.4 Å². The summed E-state index contributed by atoms with van der Waals surface area (Å²) in [6.45, 7) is 0. The third-order valence-electron chi connectivity index (χ3n) is 3.19. The third-order valence-corrected chi connectivity index (χ3v) is 3.19. The summed E-state index contributed by atoms with van der Waals surface area (Å²) >= 11 is 0. The van der Waals surface area contributed by atoms with Crippen LogP contribution in [0.15, 0.2) is 59.6 Å². The van der Waals surface area contributed by atoms with Crippen molar-refractivity contribution in [3.05, 3.63) is 71.3 Å². The fourth-order valence-corrected chi connectivity index (χ4v) is 2.31. The number of nitrogens with zero attached hydrogens (tertiary/aromatic N) is 1. The summed E-state index contributed by atoms with van der Waals surface area (Å²) in [5, 5.41) is 0. The van der Waals surface area contributed by atoms with Gasteiger partial charge in [0, 0.05) is 5.56 Å². The van der Waals surface area contributed by atoms with E-state index in [0.717, 1.165) is 12.0 Å². The average Bonchev–Trinajstić information content (AvgIpc) is 2.40. The number of amidine groups is 1. The first-order valence-electron chi connectivity index (χ1n) is 5.81. The Morgan fingerprint density at radius 1 is 0.944 bits per heavy atom. The molecule has 2 nitrogen and oxygen atoms in total. The highest BCUT2D eigenvalue weighted by atomic mass is 35.5. The number of halogens is 1. The largest absolute Gasteiger partial charge is 0.383 e. The minimum atomic E-state index is 0. The second-order valence-corrected chi connectivity index (χ2v) is 4.30. The maximum Gasteiger partial charge on any atom is 0.126 e. The number of nitrogens with two attached hydrogens (primary N) is 1. The van der Waals surface area contributed by atoms with E-state index in [1.54, 1.807) is 0 Å². The fourth-order valence-electron chi connectivity index (χ4n) is 2.31. The van der Waals surface area contributed by atoms with Gasteiger partial charge in [0.1, 0.15) is 5.84 Å². The Morgan fingerprint density at radius 3 is 2.39 bits per heavy atom. The van der Waals surface area contributed by atoms with Gasteiger partial charge < -0.3 is 5.73 Å². The minimum Gasteiger partial charge on any atom is -0.383 e. The summed E-state index contributed by atoms with van der Waals surface area (Å²) in [7, 11) is 0. The second kappa shape index (κ2) is 5.23. The highest BCUT2D eigenvalue weighted by molar-refractivity contribution is 5.99. The summed E-state index contributed by atoms with van der Waals surface area (Å²) in [5.41, 5.74) is 9.62. The van der Waals surface area contributed by atoms with Crippen LogP contribution in [-0.2, 0) is 6.42 Å². The summed E-state index contributed by atoms with van der Waals surface area (Å²) in [6.07, 6.45) is 0.931. The van der Waals surface area contributed by atoms with Crippen molar-refractivity contribution < 1.29 is 0 Å². The number of hydrogen-bond donors (Lipinski definition) is 1. The molecular weight excluding hydrogens is 244 g/mol. The molecule has 0 spiro atoms. The first-order chi connectivity index (χ1) is 8.34. The molecule has 2 aromatic carbocycles. The molecule has 1 aliphatic rings. The predicted molar refractivity (Wildman–Crippen MR) is 77.3 cm³/mol. The van der Waals surface area contributed by atoms with Gasteiger partial charge in [-0.25, -0.2) is 0 Å². The van der Waals surface area contributed by atoms with Gasteiger partial charge in [-0.3, -0.25) is 4.99 Å². The van der Waals surface area contributed by atoms with Crippen molar-refractivity contribution in [1.82, 2.24) is 0 Å². The lowest BCUT2D eigenvalue weighted by Crippen LogP contribution is -2.22. The predicted octanol–water partition coefficient (Wildman–Crippen LogP) is 3.11. The molecule has 0 amide bonds. The standard InChI is InChI=1S/C15H14N2.ClH/c16-15-13-9-5-4-8-12(13)10-14(17-15)11-6-2-1-3-7-11;/h1-9,14H,10H2,(H2,16,17);1H. The molecule has 2 aromatic rings. The number of hydrogen-bond acceptors (Lipinski definition) is 2. The fraction of sp³-hybridized carbons (Fsp3) is 0.133. The van der Waals surface area contributed by atoms with Gasteiger partial charge >= 0.3 is 0 Å². The quantitative estimate of drug-likeness (QED) is 0.839. The lowest BCUT2D eigenvalue weighted by molar-refractivity contribution is 0.710. The van der Waals surface area contributed by atoms with Gasteiger partial charge in [-0.2, -0.15) is 0 Å². The van der Waals surface area contributed by atoms with Crippen LogP contribution in [0.2, 0.25) is 0 Å². The van der Waals surface area contributed by atoms with Crippen LogP contribution in [-0.4, -0.2) is 5.84 Å². The Morgan fingerprint density at radius 2 is 1.61 bits per heavy atom. The van der Waals surface area contributed by atoms with Crippen molar-refractivity contribution in [3.63, 3.8) is 0 Å². The van der Waals surface area contributed by atoms with Crippen molar-refractivity contribution >= 4 is 18.2 Å². The van der Waals surface area contributed by atoms with E-state index in [4.69, 9.17) is 5.73 Å². The molecule has 0 saturated heterocycles. The summed E-state index contributed by atoms with van der Waals surface area (Å²) < 4.78 is 0. The Balaban J connectivity index is 0.00000120. The molecule has 1 unspecified atom stereocenters. The summed E-state index contributed by atoms with van der Waals surface area (Å²) in [4.78, 5) is 4.59. The molecule has 0 radical (unpaired) electrons. The smallest absolute Gasteiger partial charge is 0.126 e. The Hall–Kier alpha value is -1.80. The molecule has 1 heterocycles. The maximum atomic E-state index is 6.02. The van der Waals surface area contributed by atoms with Crippen LogP contribution < -0.4 is 5.73 Å². The molecule has 18 heavy (non-hydrogen) atoms. The van der Waals surface area contributed by atoms with Crippen molar-refractivity contribution in [2.75, 3.05) is 0 Å². The molecule has 1 atom stereocenters. The van der Waals surface area contributed by atoms with Gasteiger partial charge in [-0.1, -0.05) is 54.6 Å². The van der Waals surface area contributed by atoms with Crippen LogP contribution >= 0.6 is 12.4 Å². The number of aliphatic imine (C=N–C) groups is 1. The molecule has 92 valence electrons. The van der Waals surface area contributed by atoms with Crippen molar-refractivity contribution in [3.8, 4) is 0 Å². The lowest BCUT2D eigenvalue weighted by atomic mass is 9.93. The zero-order valence-electron chi connectivity index (χ0n) is 9.91. The van der Waals surface area contributed by atoms with Crippen molar-refractivity contribution in [2.24, 2.45) is 10.7 Å². The monoisotopic (exact) mass is 258 g/mol. The van der Waals surface area contributed by atoms with E-state index in [1.165, 1.54) is 11.1 Å². The van der Waals surface area contributed by atoms with Crippen LogP contribution in [0.1, 0.15) is 22.7 Å². The van der Waals surface area contributed by atoms with Crippen molar-refractivity contribution in [2.45, 2.75) is 12.5 Å². The first kappa shape index (κ1) is 12.7. The zero-order valence-corrected chi connectivity index (χ0v) is 10.7. The van der Waals surface area contributed by atoms with Gasteiger partial charge in [0.05, 0.1) is 6.04 Å². The van der Waals surface area contributed by atoms with Crippen molar-refractivity contribution in [1.29, 1.82) is 0 Å². The second-order valence-electron chi connectivity index (χ2n) is 4.30. The van der Waals surface area contributed by atoms with E-state index in [0.29, 0.717) is 5.84 Å². The molecule has 2 N–H and O–H groups in total. The molecule has 0 saturated carbocycles. The Bertz CT molecular complexity index is 564. The lowest BCUT2D eigenvalue weighted by Gasteiger charge is -2.21. The number of benzene rings is 2. The molecule has 0 fully saturated rings. The molecule has 0 aromatic heterocycles. The topological polar surface area (TPSA) is 38.4 Å². The van der Waals surface area contributed by atoms with E-state index < -0.39 is 0 Å². The van der Waals surface area contributed by atoms with Crippen LogP contribution in [0.4, 0.5) is 0 Å². The summed E-state index contributed by atoms with van der Waals surface area (Å²) in [5.74, 6) is 0.653. The Labute approximate surface area is 113 Å². The SMILES string of the molecule is Cl.NC1=NC(c2ccccc2)Cc2ccccc21. The van der Waals surface area contributed by atoms with Gasteiger partial charge in [-0.15, -0.1) is 12.4 Å². The zero-order chi connectivity index (χ0) is 11.7. The van der Waals surface area contributed by atoms with Crippen LogP contribution in [0.3, 0.4) is 0 Å². The van der Waals surface area contributed by atoms with E-state index >= 15 is 0 Å². The van der Waals surface area contributed by atoms with Gasteiger partial charge in [-0.05, 0) is 17.5 Å². The third kappa shape index (κ3) is 2.24. The maximum absolute atomic E-state index is 6.02.